The maximum Gasteiger partial charge on any atom is 0.0412 e. The molecule has 0 aliphatic carbocycles. The third-order valence-corrected chi connectivity index (χ3v) is 2.89. The molecule has 0 saturated heterocycles. The Morgan fingerprint density at radius 3 is 2.53 bits per heavy atom. The lowest BCUT2D eigenvalue weighted by molar-refractivity contribution is 1.13. The van der Waals surface area contributed by atoms with Crippen molar-refractivity contribution in [1.29, 1.82) is 0 Å². The molecule has 2 rings (SSSR count). The van der Waals surface area contributed by atoms with Gasteiger partial charge in [-0.05, 0) is 23.8 Å². The lowest BCUT2D eigenvalue weighted by Gasteiger charge is -2.07. The Kier molecular flexibility index (Phi) is 3.35. The van der Waals surface area contributed by atoms with Crippen LogP contribution in [0.4, 0.5) is 5.69 Å². The first kappa shape index (κ1) is 10.2. The first-order chi connectivity index (χ1) is 7.36. The van der Waals surface area contributed by atoms with Gasteiger partial charge in [0.2, 0.25) is 0 Å². The molecule has 0 amide bonds. The van der Waals surface area contributed by atoms with Crippen molar-refractivity contribution in [2.75, 3.05) is 5.32 Å². The molecular formula is C12H11BrN2. The molecule has 1 aromatic carbocycles. The van der Waals surface area contributed by atoms with Gasteiger partial charge in [-0.25, -0.2) is 0 Å². The lowest BCUT2D eigenvalue weighted by Crippen LogP contribution is -1.99. The number of anilines is 1. The van der Waals surface area contributed by atoms with E-state index in [0.29, 0.717) is 0 Å². The number of pyridine rings is 1. The Bertz CT molecular complexity index is 429. The Morgan fingerprint density at radius 1 is 1.07 bits per heavy atom. The van der Waals surface area contributed by atoms with E-state index in [1.807, 2.05) is 30.3 Å². The van der Waals surface area contributed by atoms with E-state index >= 15 is 0 Å². The summed E-state index contributed by atoms with van der Waals surface area (Å²) in [5.74, 6) is 0. The molecule has 0 bridgehead atoms. The lowest BCUT2D eigenvalue weighted by atomic mass is 10.2. The molecule has 2 nitrogen and oxygen atoms in total. The van der Waals surface area contributed by atoms with Crippen molar-refractivity contribution < 1.29 is 0 Å². The summed E-state index contributed by atoms with van der Waals surface area (Å²) in [7, 11) is 0. The second-order valence-electron chi connectivity index (χ2n) is 3.18. The molecular weight excluding hydrogens is 252 g/mol. The highest BCUT2D eigenvalue weighted by Gasteiger charge is 1.97. The van der Waals surface area contributed by atoms with Crippen LogP contribution in [0.3, 0.4) is 0 Å². The highest BCUT2D eigenvalue weighted by Crippen LogP contribution is 2.17. The van der Waals surface area contributed by atoms with Gasteiger partial charge in [-0.3, -0.25) is 4.98 Å². The summed E-state index contributed by atoms with van der Waals surface area (Å²) in [6, 6.07) is 12.1. The van der Waals surface area contributed by atoms with Crippen molar-refractivity contribution >= 4 is 21.6 Å². The maximum atomic E-state index is 3.97. The third kappa shape index (κ3) is 2.80. The van der Waals surface area contributed by atoms with Gasteiger partial charge >= 0.3 is 0 Å². The molecule has 3 heteroatoms. The topological polar surface area (TPSA) is 24.9 Å². The Morgan fingerprint density at radius 2 is 1.80 bits per heavy atom. The number of nitrogens with one attached hydrogen (secondary N) is 1. The van der Waals surface area contributed by atoms with Crippen LogP contribution in [0.15, 0.2) is 53.3 Å². The molecule has 0 atom stereocenters. The summed E-state index contributed by atoms with van der Waals surface area (Å²) in [5.41, 5.74) is 2.33. The predicted molar refractivity (Wildman–Crippen MR) is 65.7 cm³/mol. The molecule has 0 unspecified atom stereocenters. The van der Waals surface area contributed by atoms with Crippen molar-refractivity contribution in [2.24, 2.45) is 0 Å². The van der Waals surface area contributed by atoms with Gasteiger partial charge in [-0.1, -0.05) is 34.1 Å². The van der Waals surface area contributed by atoms with Crippen molar-refractivity contribution in [2.45, 2.75) is 6.54 Å². The minimum atomic E-state index is 0.811. The molecule has 1 heterocycles. The summed E-state index contributed by atoms with van der Waals surface area (Å²) in [6.07, 6.45) is 3.56. The average molecular weight is 263 g/mol. The molecule has 1 aromatic heterocycles. The van der Waals surface area contributed by atoms with Gasteiger partial charge in [0.15, 0.2) is 0 Å². The summed E-state index contributed by atoms with van der Waals surface area (Å²) < 4.78 is 1.13. The largest absolute Gasteiger partial charge is 0.381 e. The van der Waals surface area contributed by atoms with Gasteiger partial charge < -0.3 is 5.32 Å². The van der Waals surface area contributed by atoms with Crippen LogP contribution in [0.5, 0.6) is 0 Å². The van der Waals surface area contributed by atoms with Crippen LogP contribution in [0.2, 0.25) is 0 Å². The van der Waals surface area contributed by atoms with E-state index in [9.17, 15) is 0 Å². The van der Waals surface area contributed by atoms with Crippen molar-refractivity contribution in [1.82, 2.24) is 4.98 Å². The molecule has 0 spiro atoms. The first-order valence-electron chi connectivity index (χ1n) is 4.73. The number of hydrogen-bond donors (Lipinski definition) is 1. The molecule has 2 aromatic rings. The van der Waals surface area contributed by atoms with Crippen molar-refractivity contribution in [3.8, 4) is 0 Å². The number of nitrogens with zero attached hydrogens (tertiary/aromatic N) is 1. The second-order valence-corrected chi connectivity index (χ2v) is 4.04. The van der Waals surface area contributed by atoms with Crippen LogP contribution >= 0.6 is 15.9 Å². The zero-order valence-electron chi connectivity index (χ0n) is 8.15. The van der Waals surface area contributed by atoms with Crippen LogP contribution in [0.1, 0.15) is 5.56 Å². The minimum absolute atomic E-state index is 0.811. The van der Waals surface area contributed by atoms with E-state index in [1.165, 1.54) is 5.56 Å². The van der Waals surface area contributed by atoms with Gasteiger partial charge in [0.1, 0.15) is 0 Å². The Hall–Kier alpha value is -1.35. The molecule has 76 valence electrons. The minimum Gasteiger partial charge on any atom is -0.381 e. The van der Waals surface area contributed by atoms with Gasteiger partial charge in [-0.15, -0.1) is 0 Å². The molecule has 15 heavy (non-hydrogen) atoms. The van der Waals surface area contributed by atoms with Gasteiger partial charge in [0, 0.05) is 29.1 Å². The number of rotatable bonds is 3. The second kappa shape index (κ2) is 4.94. The van der Waals surface area contributed by atoms with Crippen LogP contribution < -0.4 is 5.32 Å². The van der Waals surface area contributed by atoms with Crippen molar-refractivity contribution in [3.05, 3.63) is 58.8 Å². The fourth-order valence-electron chi connectivity index (χ4n) is 1.31. The maximum absolute atomic E-state index is 3.97. The van der Waals surface area contributed by atoms with Crippen LogP contribution in [-0.4, -0.2) is 4.98 Å². The molecule has 0 fully saturated rings. The normalized spacial score (nSPS) is 9.93. The van der Waals surface area contributed by atoms with Crippen LogP contribution in [-0.2, 0) is 6.54 Å². The van der Waals surface area contributed by atoms with Crippen LogP contribution in [0.25, 0.3) is 0 Å². The first-order valence-corrected chi connectivity index (χ1v) is 5.53. The number of aromatic nitrogens is 1. The third-order valence-electron chi connectivity index (χ3n) is 2.12. The van der Waals surface area contributed by atoms with E-state index in [0.717, 1.165) is 16.7 Å². The average Bonchev–Trinajstić information content (AvgIpc) is 2.29. The number of benzene rings is 1. The molecule has 0 aliphatic heterocycles. The van der Waals surface area contributed by atoms with E-state index in [1.54, 1.807) is 12.4 Å². The molecule has 0 aliphatic rings. The van der Waals surface area contributed by atoms with Crippen molar-refractivity contribution in [3.63, 3.8) is 0 Å². The highest BCUT2D eigenvalue weighted by atomic mass is 79.9. The summed E-state index contributed by atoms with van der Waals surface area (Å²) >= 11 is 3.52. The standard InChI is InChI=1S/C12H11BrN2/c13-12-4-2-1-3-10(12)9-15-11-5-7-14-8-6-11/h1-8H,9H2,(H,14,15). The van der Waals surface area contributed by atoms with E-state index < -0.39 is 0 Å². The quantitative estimate of drug-likeness (QED) is 0.917. The Balaban J connectivity index is 2.03. The fourth-order valence-corrected chi connectivity index (χ4v) is 1.73. The molecule has 1 N–H and O–H groups in total. The fraction of sp³-hybridized carbons (Fsp3) is 0.0833. The van der Waals surface area contributed by atoms with E-state index in [4.69, 9.17) is 0 Å². The van der Waals surface area contributed by atoms with E-state index in [2.05, 4.69) is 32.3 Å². The van der Waals surface area contributed by atoms with Gasteiger partial charge in [0.05, 0.1) is 0 Å². The highest BCUT2D eigenvalue weighted by molar-refractivity contribution is 9.10. The number of hydrogen-bond acceptors (Lipinski definition) is 2. The summed E-state index contributed by atoms with van der Waals surface area (Å²) in [6.45, 7) is 0.811. The Labute approximate surface area is 97.5 Å². The zero-order valence-corrected chi connectivity index (χ0v) is 9.74. The smallest absolute Gasteiger partial charge is 0.0412 e. The SMILES string of the molecule is Brc1ccccc1CNc1ccncc1. The molecule has 0 saturated carbocycles. The van der Waals surface area contributed by atoms with E-state index in [-0.39, 0.29) is 0 Å². The van der Waals surface area contributed by atoms with Gasteiger partial charge in [0.25, 0.3) is 0 Å². The number of halogens is 1. The summed E-state index contributed by atoms with van der Waals surface area (Å²) in [4.78, 5) is 3.97. The summed E-state index contributed by atoms with van der Waals surface area (Å²) in [5, 5.41) is 3.33. The monoisotopic (exact) mass is 262 g/mol. The zero-order chi connectivity index (χ0) is 10.5. The predicted octanol–water partition coefficient (Wildman–Crippen LogP) is 3.46. The van der Waals surface area contributed by atoms with Crippen LogP contribution in [0, 0.1) is 0 Å². The molecule has 0 radical (unpaired) electrons. The van der Waals surface area contributed by atoms with Gasteiger partial charge in [-0.2, -0.15) is 0 Å².